The van der Waals surface area contributed by atoms with E-state index >= 15 is 0 Å². The van der Waals surface area contributed by atoms with Crippen LogP contribution >= 0.6 is 0 Å². The Hall–Kier alpha value is -3.15. The third-order valence-corrected chi connectivity index (χ3v) is 4.58. The molecular weight excluding hydrogens is 332 g/mol. The number of fused-ring (bicyclic) bond motifs is 1. The van der Waals surface area contributed by atoms with E-state index in [1.165, 1.54) is 6.92 Å². The summed E-state index contributed by atoms with van der Waals surface area (Å²) < 4.78 is 0. The van der Waals surface area contributed by atoms with Gasteiger partial charge in [-0.1, -0.05) is 18.2 Å². The van der Waals surface area contributed by atoms with Crippen molar-refractivity contribution in [2.75, 3.05) is 11.9 Å². The molecule has 3 rings (SSSR count). The van der Waals surface area contributed by atoms with E-state index in [9.17, 15) is 19.5 Å². The second-order valence-electron chi connectivity index (χ2n) is 6.44. The van der Waals surface area contributed by atoms with Gasteiger partial charge in [-0.2, -0.15) is 0 Å². The van der Waals surface area contributed by atoms with Gasteiger partial charge >= 0.3 is 5.97 Å². The van der Waals surface area contributed by atoms with Crippen molar-refractivity contribution >= 4 is 23.5 Å². The van der Waals surface area contributed by atoms with E-state index in [-0.39, 0.29) is 11.8 Å². The average molecular weight is 352 g/mol. The molecule has 0 atom stereocenters. The number of aryl methyl sites for hydroxylation is 1. The average Bonchev–Trinajstić information content (AvgIpc) is 2.61. The third kappa shape index (κ3) is 3.44. The molecule has 0 saturated carbocycles. The third-order valence-electron chi connectivity index (χ3n) is 4.58. The Bertz CT molecular complexity index is 905. The first-order valence-electron chi connectivity index (χ1n) is 8.38. The van der Waals surface area contributed by atoms with Crippen molar-refractivity contribution in [3.63, 3.8) is 0 Å². The molecule has 0 unspecified atom stereocenters. The van der Waals surface area contributed by atoms with Gasteiger partial charge in [-0.05, 0) is 48.2 Å². The number of carbonyl (C=O) groups is 3. The van der Waals surface area contributed by atoms with E-state index in [1.807, 2.05) is 13.0 Å². The number of aromatic carboxylic acids is 1. The molecule has 0 radical (unpaired) electrons. The summed E-state index contributed by atoms with van der Waals surface area (Å²) >= 11 is 0. The number of carbonyl (C=O) groups excluding carboxylic acids is 2. The number of carboxylic acid groups (broad SMARTS) is 1. The molecule has 2 amide bonds. The van der Waals surface area contributed by atoms with Crippen molar-refractivity contribution < 1.29 is 19.5 Å². The molecule has 26 heavy (non-hydrogen) atoms. The highest BCUT2D eigenvalue weighted by Crippen LogP contribution is 2.25. The van der Waals surface area contributed by atoms with E-state index in [0.717, 1.165) is 16.7 Å². The molecule has 134 valence electrons. The van der Waals surface area contributed by atoms with Crippen LogP contribution in [0.25, 0.3) is 0 Å². The van der Waals surface area contributed by atoms with Crippen LogP contribution in [0.5, 0.6) is 0 Å². The van der Waals surface area contributed by atoms with Gasteiger partial charge in [0.1, 0.15) is 0 Å². The minimum absolute atomic E-state index is 0.136. The zero-order valence-electron chi connectivity index (χ0n) is 14.7. The number of hydrogen-bond acceptors (Lipinski definition) is 3. The number of rotatable bonds is 3. The topological polar surface area (TPSA) is 86.7 Å². The Labute approximate surface area is 151 Å². The smallest absolute Gasteiger partial charge is 0.335 e. The minimum atomic E-state index is -0.944. The number of hydrogen-bond donors (Lipinski definition) is 2. The summed E-state index contributed by atoms with van der Waals surface area (Å²) in [6.07, 6.45) is 0.508. The molecule has 0 spiro atoms. The minimum Gasteiger partial charge on any atom is -0.478 e. The van der Waals surface area contributed by atoms with Gasteiger partial charge in [-0.3, -0.25) is 9.59 Å². The lowest BCUT2D eigenvalue weighted by atomic mass is 9.94. The summed E-state index contributed by atoms with van der Waals surface area (Å²) in [4.78, 5) is 37.2. The molecule has 1 aliphatic heterocycles. The van der Waals surface area contributed by atoms with Crippen LogP contribution < -0.4 is 5.32 Å². The van der Waals surface area contributed by atoms with E-state index < -0.39 is 5.97 Å². The van der Waals surface area contributed by atoms with Gasteiger partial charge in [0.15, 0.2) is 0 Å². The zero-order valence-corrected chi connectivity index (χ0v) is 14.7. The number of carboxylic acids is 1. The highest BCUT2D eigenvalue weighted by Gasteiger charge is 2.25. The Morgan fingerprint density at radius 1 is 1.15 bits per heavy atom. The molecule has 0 aromatic heterocycles. The fourth-order valence-corrected chi connectivity index (χ4v) is 3.25. The highest BCUT2D eigenvalue weighted by atomic mass is 16.4. The fourth-order valence-electron chi connectivity index (χ4n) is 3.25. The molecule has 0 aliphatic carbocycles. The summed E-state index contributed by atoms with van der Waals surface area (Å²) in [7, 11) is 0. The van der Waals surface area contributed by atoms with Gasteiger partial charge in [-0.15, -0.1) is 0 Å². The number of anilines is 1. The summed E-state index contributed by atoms with van der Waals surface area (Å²) in [6.45, 7) is 4.12. The molecule has 2 aromatic carbocycles. The molecule has 6 heteroatoms. The molecule has 0 fully saturated rings. The maximum absolute atomic E-state index is 12.9. The van der Waals surface area contributed by atoms with Crippen LogP contribution in [0.3, 0.4) is 0 Å². The Morgan fingerprint density at radius 2 is 1.92 bits per heavy atom. The highest BCUT2D eigenvalue weighted by molar-refractivity contribution is 5.97. The lowest BCUT2D eigenvalue weighted by Crippen LogP contribution is -2.36. The van der Waals surface area contributed by atoms with Crippen molar-refractivity contribution in [1.29, 1.82) is 0 Å². The van der Waals surface area contributed by atoms with Gasteiger partial charge in [-0.25, -0.2) is 4.79 Å². The SMILES string of the molecule is CC(=O)Nc1cc(C(=O)N2CCc3c(cccc3C(=O)O)C2)ccc1C. The number of nitrogens with one attached hydrogen (secondary N) is 1. The van der Waals surface area contributed by atoms with Crippen LogP contribution in [-0.4, -0.2) is 34.3 Å². The van der Waals surface area contributed by atoms with Gasteiger partial charge < -0.3 is 15.3 Å². The van der Waals surface area contributed by atoms with Crippen LogP contribution in [0.4, 0.5) is 5.69 Å². The first kappa shape index (κ1) is 17.7. The lowest BCUT2D eigenvalue weighted by molar-refractivity contribution is -0.114. The summed E-state index contributed by atoms with van der Waals surface area (Å²) in [5, 5.41) is 12.0. The van der Waals surface area contributed by atoms with Gasteiger partial charge in [0, 0.05) is 31.3 Å². The fraction of sp³-hybridized carbons (Fsp3) is 0.250. The van der Waals surface area contributed by atoms with Crippen LogP contribution in [-0.2, 0) is 17.8 Å². The van der Waals surface area contributed by atoms with E-state index in [2.05, 4.69) is 5.32 Å². The zero-order chi connectivity index (χ0) is 18.8. The first-order chi connectivity index (χ1) is 12.4. The predicted molar refractivity (Wildman–Crippen MR) is 97.3 cm³/mol. The van der Waals surface area contributed by atoms with Crippen LogP contribution in [0.1, 0.15) is 44.3 Å². The van der Waals surface area contributed by atoms with E-state index in [1.54, 1.807) is 35.2 Å². The summed E-state index contributed by atoms with van der Waals surface area (Å²) in [6, 6.07) is 10.4. The molecule has 2 aromatic rings. The van der Waals surface area contributed by atoms with E-state index in [4.69, 9.17) is 0 Å². The molecule has 6 nitrogen and oxygen atoms in total. The quantitative estimate of drug-likeness (QED) is 0.889. The maximum atomic E-state index is 12.9. The second kappa shape index (κ2) is 7.00. The standard InChI is InChI=1S/C20H20N2O4/c1-12-6-7-14(10-18(12)21-13(2)23)19(24)22-9-8-16-15(11-22)4-3-5-17(16)20(25)26/h3-7,10H,8-9,11H2,1-2H3,(H,21,23)(H,25,26). The van der Waals surface area contributed by atoms with Crippen LogP contribution in [0.15, 0.2) is 36.4 Å². The lowest BCUT2D eigenvalue weighted by Gasteiger charge is -2.30. The van der Waals surface area contributed by atoms with E-state index in [0.29, 0.717) is 36.3 Å². The second-order valence-corrected chi connectivity index (χ2v) is 6.44. The molecule has 1 heterocycles. The maximum Gasteiger partial charge on any atom is 0.335 e. The summed E-state index contributed by atoms with van der Waals surface area (Å²) in [5.74, 6) is -1.27. The van der Waals surface area contributed by atoms with Crippen molar-refractivity contribution in [2.24, 2.45) is 0 Å². The molecular formula is C20H20N2O4. The van der Waals surface area contributed by atoms with Gasteiger partial charge in [0.2, 0.25) is 5.91 Å². The number of benzene rings is 2. The largest absolute Gasteiger partial charge is 0.478 e. The monoisotopic (exact) mass is 352 g/mol. The predicted octanol–water partition coefficient (Wildman–Crippen LogP) is 2.85. The molecule has 0 saturated heterocycles. The summed E-state index contributed by atoms with van der Waals surface area (Å²) in [5.41, 5.74) is 3.96. The normalized spacial score (nSPS) is 13.1. The van der Waals surface area contributed by atoms with Gasteiger partial charge in [0.05, 0.1) is 5.56 Å². The first-order valence-corrected chi connectivity index (χ1v) is 8.38. The number of nitrogens with zero attached hydrogens (tertiary/aromatic N) is 1. The Kier molecular flexibility index (Phi) is 4.75. The van der Waals surface area contributed by atoms with Gasteiger partial charge in [0.25, 0.3) is 5.91 Å². The van der Waals surface area contributed by atoms with Crippen molar-refractivity contribution in [2.45, 2.75) is 26.8 Å². The Morgan fingerprint density at radius 3 is 2.62 bits per heavy atom. The van der Waals surface area contributed by atoms with Crippen LogP contribution in [0.2, 0.25) is 0 Å². The number of amides is 2. The molecule has 1 aliphatic rings. The molecule has 2 N–H and O–H groups in total. The van der Waals surface area contributed by atoms with Crippen LogP contribution in [0, 0.1) is 6.92 Å². The van der Waals surface area contributed by atoms with Crippen molar-refractivity contribution in [3.8, 4) is 0 Å². The Balaban J connectivity index is 1.85. The van der Waals surface area contributed by atoms with Crippen molar-refractivity contribution in [1.82, 2.24) is 4.90 Å². The molecule has 0 bridgehead atoms. The van der Waals surface area contributed by atoms with Crippen molar-refractivity contribution in [3.05, 3.63) is 64.2 Å².